The number of rotatable bonds is 2. The second-order valence-electron chi connectivity index (χ2n) is 4.58. The number of hydrogen-bond acceptors (Lipinski definition) is 2. The Morgan fingerprint density at radius 3 is 2.94 bits per heavy atom. The zero-order chi connectivity index (χ0) is 11.5. The molecule has 0 aliphatic carbocycles. The molecule has 1 fully saturated rings. The number of benzene rings is 1. The molecular formula is C13H18ClNO. The normalized spacial score (nSPS) is 21.0. The quantitative estimate of drug-likeness (QED) is 0.832. The number of aryl methyl sites for hydroxylation is 1. The van der Waals surface area contributed by atoms with Crippen LogP contribution in [-0.4, -0.2) is 17.7 Å². The molecule has 1 atom stereocenters. The molecule has 88 valence electrons. The summed E-state index contributed by atoms with van der Waals surface area (Å²) < 4.78 is 0. The molecule has 3 heteroatoms. The van der Waals surface area contributed by atoms with Crippen LogP contribution in [0.2, 0.25) is 5.02 Å². The lowest BCUT2D eigenvalue weighted by Gasteiger charge is -2.24. The Bertz CT molecular complexity index is 372. The number of piperidine rings is 1. The van der Waals surface area contributed by atoms with Gasteiger partial charge >= 0.3 is 0 Å². The molecule has 2 N–H and O–H groups in total. The van der Waals surface area contributed by atoms with Crippen molar-refractivity contribution in [2.24, 2.45) is 0 Å². The number of hydrogen-bond donors (Lipinski definition) is 2. The first-order chi connectivity index (χ1) is 7.66. The van der Waals surface area contributed by atoms with Crippen molar-refractivity contribution in [1.29, 1.82) is 0 Å². The second kappa shape index (κ2) is 5.07. The molecular weight excluding hydrogens is 222 g/mol. The van der Waals surface area contributed by atoms with Crippen LogP contribution in [0.15, 0.2) is 12.1 Å². The fraction of sp³-hybridized carbons (Fsp3) is 0.538. The number of halogens is 1. The van der Waals surface area contributed by atoms with Gasteiger partial charge in [0, 0.05) is 11.1 Å². The first-order valence-corrected chi connectivity index (χ1v) is 6.26. The van der Waals surface area contributed by atoms with E-state index in [4.69, 9.17) is 11.6 Å². The average molecular weight is 240 g/mol. The Kier molecular flexibility index (Phi) is 3.72. The first kappa shape index (κ1) is 11.7. The molecule has 1 unspecified atom stereocenters. The average Bonchev–Trinajstić information content (AvgIpc) is 2.27. The van der Waals surface area contributed by atoms with Crippen LogP contribution in [0.4, 0.5) is 0 Å². The summed E-state index contributed by atoms with van der Waals surface area (Å²) in [4.78, 5) is 0. The minimum absolute atomic E-state index is 0.370. The van der Waals surface area contributed by atoms with Gasteiger partial charge in [-0.3, -0.25) is 0 Å². The Hall–Kier alpha value is -0.730. The maximum Gasteiger partial charge on any atom is 0.119 e. The molecule has 0 radical (unpaired) electrons. The molecule has 1 aliphatic heterocycles. The van der Waals surface area contributed by atoms with Gasteiger partial charge in [-0.15, -0.1) is 0 Å². The first-order valence-electron chi connectivity index (χ1n) is 5.88. The van der Waals surface area contributed by atoms with Crippen LogP contribution in [0.3, 0.4) is 0 Å². The van der Waals surface area contributed by atoms with Crippen LogP contribution in [0, 0.1) is 6.92 Å². The molecule has 2 rings (SSSR count). The van der Waals surface area contributed by atoms with Crippen molar-refractivity contribution in [3.8, 4) is 5.75 Å². The van der Waals surface area contributed by atoms with Gasteiger partial charge in [-0.2, -0.15) is 0 Å². The van der Waals surface area contributed by atoms with Crippen molar-refractivity contribution >= 4 is 11.6 Å². The van der Waals surface area contributed by atoms with E-state index in [1.54, 1.807) is 6.07 Å². The van der Waals surface area contributed by atoms with E-state index < -0.39 is 0 Å². The summed E-state index contributed by atoms with van der Waals surface area (Å²) in [5, 5.41) is 14.1. The molecule has 1 saturated heterocycles. The van der Waals surface area contributed by atoms with E-state index >= 15 is 0 Å². The van der Waals surface area contributed by atoms with Gasteiger partial charge in [0.25, 0.3) is 0 Å². The minimum atomic E-state index is 0.370. The molecule has 1 aliphatic rings. The van der Waals surface area contributed by atoms with Crippen LogP contribution in [0.5, 0.6) is 5.75 Å². The van der Waals surface area contributed by atoms with Crippen molar-refractivity contribution in [2.75, 3.05) is 6.54 Å². The van der Waals surface area contributed by atoms with Crippen LogP contribution in [0.25, 0.3) is 0 Å². The Morgan fingerprint density at radius 1 is 1.44 bits per heavy atom. The smallest absolute Gasteiger partial charge is 0.119 e. The third-order valence-electron chi connectivity index (χ3n) is 3.24. The summed E-state index contributed by atoms with van der Waals surface area (Å²) in [6.07, 6.45) is 4.59. The largest absolute Gasteiger partial charge is 0.508 e. The summed E-state index contributed by atoms with van der Waals surface area (Å²) in [7, 11) is 0. The van der Waals surface area contributed by atoms with Gasteiger partial charge in [-0.1, -0.05) is 18.0 Å². The molecule has 0 saturated carbocycles. The van der Waals surface area contributed by atoms with Gasteiger partial charge in [0.1, 0.15) is 5.75 Å². The molecule has 0 spiro atoms. The highest BCUT2D eigenvalue weighted by molar-refractivity contribution is 6.31. The van der Waals surface area contributed by atoms with Gasteiger partial charge in [-0.05, 0) is 56.0 Å². The molecule has 2 nitrogen and oxygen atoms in total. The molecule has 1 aromatic rings. The fourth-order valence-electron chi connectivity index (χ4n) is 2.23. The fourth-order valence-corrected chi connectivity index (χ4v) is 2.42. The molecule has 16 heavy (non-hydrogen) atoms. The third kappa shape index (κ3) is 2.69. The summed E-state index contributed by atoms with van der Waals surface area (Å²) in [6.45, 7) is 3.00. The predicted octanol–water partition coefficient (Wildman–Crippen LogP) is 3.04. The molecule has 1 heterocycles. The monoisotopic (exact) mass is 239 g/mol. The van der Waals surface area contributed by atoms with Crippen molar-refractivity contribution < 1.29 is 5.11 Å². The number of aromatic hydroxyl groups is 1. The highest BCUT2D eigenvalue weighted by Crippen LogP contribution is 2.27. The van der Waals surface area contributed by atoms with E-state index in [1.807, 2.05) is 13.0 Å². The SMILES string of the molecule is Cc1cc(O)c(CC2CCCCN2)cc1Cl. The number of nitrogens with one attached hydrogen (secondary N) is 1. The van der Waals surface area contributed by atoms with E-state index in [2.05, 4.69) is 5.32 Å². The topological polar surface area (TPSA) is 32.3 Å². The zero-order valence-corrected chi connectivity index (χ0v) is 10.3. The maximum atomic E-state index is 9.86. The van der Waals surface area contributed by atoms with Crippen LogP contribution < -0.4 is 5.32 Å². The highest BCUT2D eigenvalue weighted by atomic mass is 35.5. The second-order valence-corrected chi connectivity index (χ2v) is 4.99. The van der Waals surface area contributed by atoms with E-state index in [-0.39, 0.29) is 0 Å². The predicted molar refractivity (Wildman–Crippen MR) is 67.2 cm³/mol. The summed E-state index contributed by atoms with van der Waals surface area (Å²) in [5.74, 6) is 0.370. The maximum absolute atomic E-state index is 9.86. The zero-order valence-electron chi connectivity index (χ0n) is 9.59. The molecule has 0 aromatic heterocycles. The lowest BCUT2D eigenvalue weighted by molar-refractivity contribution is 0.391. The van der Waals surface area contributed by atoms with Crippen LogP contribution >= 0.6 is 11.6 Å². The number of phenolic OH excluding ortho intramolecular Hbond substituents is 1. The van der Waals surface area contributed by atoms with Gasteiger partial charge in [-0.25, -0.2) is 0 Å². The van der Waals surface area contributed by atoms with Gasteiger partial charge in [0.2, 0.25) is 0 Å². The Morgan fingerprint density at radius 2 is 2.25 bits per heavy atom. The van der Waals surface area contributed by atoms with E-state index in [1.165, 1.54) is 19.3 Å². The van der Waals surface area contributed by atoms with Crippen molar-refractivity contribution in [3.63, 3.8) is 0 Å². The summed E-state index contributed by atoms with van der Waals surface area (Å²) >= 11 is 6.07. The van der Waals surface area contributed by atoms with E-state index in [0.29, 0.717) is 11.8 Å². The standard InChI is InChI=1S/C13H18ClNO/c1-9-6-13(16)10(8-12(9)14)7-11-4-2-3-5-15-11/h6,8,11,15-16H,2-5,7H2,1H3. The number of phenols is 1. The van der Waals surface area contributed by atoms with Gasteiger partial charge < -0.3 is 10.4 Å². The Labute approximate surface area is 102 Å². The highest BCUT2D eigenvalue weighted by Gasteiger charge is 2.15. The minimum Gasteiger partial charge on any atom is -0.508 e. The van der Waals surface area contributed by atoms with E-state index in [0.717, 1.165) is 29.1 Å². The summed E-state index contributed by atoms with van der Waals surface area (Å²) in [6, 6.07) is 4.13. The van der Waals surface area contributed by atoms with Crippen molar-refractivity contribution in [2.45, 2.75) is 38.6 Å². The van der Waals surface area contributed by atoms with E-state index in [9.17, 15) is 5.11 Å². The summed E-state index contributed by atoms with van der Waals surface area (Å²) in [5.41, 5.74) is 1.88. The molecule has 1 aromatic carbocycles. The van der Waals surface area contributed by atoms with Crippen LogP contribution in [-0.2, 0) is 6.42 Å². The molecule has 0 bridgehead atoms. The van der Waals surface area contributed by atoms with Crippen LogP contribution in [0.1, 0.15) is 30.4 Å². The van der Waals surface area contributed by atoms with Crippen molar-refractivity contribution in [3.05, 3.63) is 28.3 Å². The lowest BCUT2D eigenvalue weighted by atomic mass is 9.96. The van der Waals surface area contributed by atoms with Gasteiger partial charge in [0.15, 0.2) is 0 Å². The third-order valence-corrected chi connectivity index (χ3v) is 3.65. The Balaban J connectivity index is 2.11. The molecule has 0 amide bonds. The van der Waals surface area contributed by atoms with Crippen molar-refractivity contribution in [1.82, 2.24) is 5.32 Å². The lowest BCUT2D eigenvalue weighted by Crippen LogP contribution is -2.35. The van der Waals surface area contributed by atoms with Gasteiger partial charge in [0.05, 0.1) is 0 Å².